The highest BCUT2D eigenvalue weighted by Crippen LogP contribution is 2.13. The van der Waals surface area contributed by atoms with Crippen LogP contribution in [-0.2, 0) is 16.1 Å². The largest absolute Gasteiger partial charge is 0.329 e. The van der Waals surface area contributed by atoms with Gasteiger partial charge < -0.3 is 10.2 Å². The SMILES string of the molecule is CC(=O)N(CC(=O)Nc1ccc(F)c(F)c1)Cc1ccccc1. The molecule has 0 spiro atoms. The Hall–Kier alpha value is -2.76. The molecule has 0 fully saturated rings. The molecule has 0 bridgehead atoms. The minimum atomic E-state index is -1.05. The second kappa shape index (κ2) is 7.49. The summed E-state index contributed by atoms with van der Waals surface area (Å²) in [7, 11) is 0. The topological polar surface area (TPSA) is 49.4 Å². The van der Waals surface area contributed by atoms with Crippen molar-refractivity contribution in [1.82, 2.24) is 4.90 Å². The Labute approximate surface area is 132 Å². The molecule has 120 valence electrons. The average molecular weight is 318 g/mol. The first-order valence-electron chi connectivity index (χ1n) is 7.00. The molecule has 0 saturated carbocycles. The van der Waals surface area contributed by atoms with Gasteiger partial charge in [0.15, 0.2) is 11.6 Å². The van der Waals surface area contributed by atoms with E-state index in [2.05, 4.69) is 5.32 Å². The van der Waals surface area contributed by atoms with E-state index in [4.69, 9.17) is 0 Å². The third-order valence-electron chi connectivity index (χ3n) is 3.20. The van der Waals surface area contributed by atoms with E-state index in [1.807, 2.05) is 30.3 Å². The van der Waals surface area contributed by atoms with Crippen LogP contribution in [0.15, 0.2) is 48.5 Å². The number of carbonyl (C=O) groups excluding carboxylic acids is 2. The van der Waals surface area contributed by atoms with Gasteiger partial charge in [0.2, 0.25) is 11.8 Å². The lowest BCUT2D eigenvalue weighted by molar-refractivity contribution is -0.133. The van der Waals surface area contributed by atoms with Gasteiger partial charge in [-0.05, 0) is 17.7 Å². The molecule has 1 N–H and O–H groups in total. The number of hydrogen-bond acceptors (Lipinski definition) is 2. The highest BCUT2D eigenvalue weighted by Gasteiger charge is 2.14. The predicted molar refractivity (Wildman–Crippen MR) is 82.5 cm³/mol. The van der Waals surface area contributed by atoms with Crippen LogP contribution in [0.2, 0.25) is 0 Å². The normalized spacial score (nSPS) is 10.2. The lowest BCUT2D eigenvalue weighted by Gasteiger charge is -2.20. The van der Waals surface area contributed by atoms with E-state index in [0.29, 0.717) is 6.54 Å². The number of rotatable bonds is 5. The van der Waals surface area contributed by atoms with Crippen molar-refractivity contribution in [3.05, 3.63) is 65.7 Å². The number of hydrogen-bond donors (Lipinski definition) is 1. The predicted octanol–water partition coefficient (Wildman–Crippen LogP) is 2.95. The molecule has 0 aliphatic heterocycles. The van der Waals surface area contributed by atoms with Gasteiger partial charge in [0.1, 0.15) is 6.54 Å². The molecule has 0 heterocycles. The third-order valence-corrected chi connectivity index (χ3v) is 3.20. The molecule has 0 aromatic heterocycles. The number of nitrogens with one attached hydrogen (secondary N) is 1. The highest BCUT2D eigenvalue weighted by atomic mass is 19.2. The Morgan fingerprint density at radius 1 is 1.04 bits per heavy atom. The molecule has 0 aliphatic rings. The lowest BCUT2D eigenvalue weighted by atomic mass is 10.2. The summed E-state index contributed by atoms with van der Waals surface area (Å²) in [6.07, 6.45) is 0. The smallest absolute Gasteiger partial charge is 0.244 e. The summed E-state index contributed by atoms with van der Waals surface area (Å²) < 4.78 is 26.0. The monoisotopic (exact) mass is 318 g/mol. The summed E-state index contributed by atoms with van der Waals surface area (Å²) in [5.74, 6) is -2.77. The van der Waals surface area contributed by atoms with Crippen molar-refractivity contribution in [2.45, 2.75) is 13.5 Å². The average Bonchev–Trinajstić information content (AvgIpc) is 2.51. The summed E-state index contributed by atoms with van der Waals surface area (Å²) in [4.78, 5) is 25.0. The molecule has 2 aromatic rings. The zero-order valence-corrected chi connectivity index (χ0v) is 12.6. The third kappa shape index (κ3) is 4.88. The fraction of sp³-hybridized carbons (Fsp3) is 0.176. The maximum Gasteiger partial charge on any atom is 0.244 e. The van der Waals surface area contributed by atoms with Gasteiger partial charge in [0, 0.05) is 25.2 Å². The first-order chi connectivity index (χ1) is 11.0. The van der Waals surface area contributed by atoms with Crippen LogP contribution >= 0.6 is 0 Å². The summed E-state index contributed by atoms with van der Waals surface area (Å²) in [5.41, 5.74) is 1.03. The number of anilines is 1. The van der Waals surface area contributed by atoms with Gasteiger partial charge >= 0.3 is 0 Å². The molecule has 0 atom stereocenters. The van der Waals surface area contributed by atoms with Crippen molar-refractivity contribution in [2.75, 3.05) is 11.9 Å². The van der Waals surface area contributed by atoms with E-state index < -0.39 is 17.5 Å². The van der Waals surface area contributed by atoms with Crippen molar-refractivity contribution >= 4 is 17.5 Å². The van der Waals surface area contributed by atoms with Crippen LogP contribution in [-0.4, -0.2) is 23.3 Å². The molecule has 23 heavy (non-hydrogen) atoms. The van der Waals surface area contributed by atoms with Gasteiger partial charge in [-0.25, -0.2) is 8.78 Å². The van der Waals surface area contributed by atoms with Crippen molar-refractivity contribution in [1.29, 1.82) is 0 Å². The van der Waals surface area contributed by atoms with E-state index >= 15 is 0 Å². The molecule has 0 saturated heterocycles. The zero-order valence-electron chi connectivity index (χ0n) is 12.6. The maximum absolute atomic E-state index is 13.1. The number of halogens is 2. The van der Waals surface area contributed by atoms with Crippen LogP contribution < -0.4 is 5.32 Å². The Balaban J connectivity index is 2.00. The molecule has 2 rings (SSSR count). The van der Waals surface area contributed by atoms with Crippen LogP contribution in [0, 0.1) is 11.6 Å². The van der Waals surface area contributed by atoms with Crippen LogP contribution in [0.1, 0.15) is 12.5 Å². The Morgan fingerprint density at radius 3 is 2.35 bits per heavy atom. The van der Waals surface area contributed by atoms with E-state index in [1.54, 1.807) is 0 Å². The minimum absolute atomic E-state index is 0.136. The molecule has 6 heteroatoms. The van der Waals surface area contributed by atoms with E-state index in [9.17, 15) is 18.4 Å². The van der Waals surface area contributed by atoms with Crippen LogP contribution in [0.25, 0.3) is 0 Å². The Bertz CT molecular complexity index is 705. The molecule has 2 amide bonds. The second-order valence-electron chi connectivity index (χ2n) is 5.04. The van der Waals surface area contributed by atoms with E-state index in [1.165, 1.54) is 17.9 Å². The number of amides is 2. The van der Waals surface area contributed by atoms with Crippen LogP contribution in [0.4, 0.5) is 14.5 Å². The van der Waals surface area contributed by atoms with Crippen molar-refractivity contribution in [3.8, 4) is 0 Å². The van der Waals surface area contributed by atoms with Gasteiger partial charge in [-0.1, -0.05) is 30.3 Å². The number of carbonyl (C=O) groups is 2. The summed E-state index contributed by atoms with van der Waals surface area (Å²) in [5, 5.41) is 2.44. The molecule has 0 unspecified atom stereocenters. The lowest BCUT2D eigenvalue weighted by Crippen LogP contribution is -2.36. The molecule has 0 radical (unpaired) electrons. The number of nitrogens with zero attached hydrogens (tertiary/aromatic N) is 1. The summed E-state index contributed by atoms with van der Waals surface area (Å²) in [6, 6.07) is 12.3. The van der Waals surface area contributed by atoms with Gasteiger partial charge in [-0.15, -0.1) is 0 Å². The van der Waals surface area contributed by atoms with Crippen LogP contribution in [0.5, 0.6) is 0 Å². The highest BCUT2D eigenvalue weighted by molar-refractivity contribution is 5.94. The second-order valence-corrected chi connectivity index (χ2v) is 5.04. The quantitative estimate of drug-likeness (QED) is 0.921. The molecular weight excluding hydrogens is 302 g/mol. The zero-order chi connectivity index (χ0) is 16.8. The standard InChI is InChI=1S/C17H16F2N2O2/c1-12(22)21(10-13-5-3-2-4-6-13)11-17(23)20-14-7-8-15(18)16(19)9-14/h2-9H,10-11H2,1H3,(H,20,23). The van der Waals surface area contributed by atoms with Gasteiger partial charge in [-0.3, -0.25) is 9.59 Å². The van der Waals surface area contributed by atoms with E-state index in [-0.39, 0.29) is 18.1 Å². The Morgan fingerprint density at radius 2 is 1.74 bits per heavy atom. The summed E-state index contributed by atoms with van der Waals surface area (Å²) in [6.45, 7) is 1.48. The van der Waals surface area contributed by atoms with Crippen molar-refractivity contribution in [2.24, 2.45) is 0 Å². The van der Waals surface area contributed by atoms with Gasteiger partial charge in [0.05, 0.1) is 0 Å². The first kappa shape index (κ1) is 16.6. The van der Waals surface area contributed by atoms with Crippen molar-refractivity contribution < 1.29 is 18.4 Å². The van der Waals surface area contributed by atoms with E-state index in [0.717, 1.165) is 17.7 Å². The number of benzene rings is 2. The van der Waals surface area contributed by atoms with Crippen molar-refractivity contribution in [3.63, 3.8) is 0 Å². The fourth-order valence-corrected chi connectivity index (χ4v) is 2.03. The van der Waals surface area contributed by atoms with Gasteiger partial charge in [0.25, 0.3) is 0 Å². The fourth-order valence-electron chi connectivity index (χ4n) is 2.03. The molecule has 4 nitrogen and oxygen atoms in total. The Kier molecular flexibility index (Phi) is 5.41. The molecular formula is C17H16F2N2O2. The minimum Gasteiger partial charge on any atom is -0.329 e. The van der Waals surface area contributed by atoms with Crippen LogP contribution in [0.3, 0.4) is 0 Å². The maximum atomic E-state index is 13.1. The summed E-state index contributed by atoms with van der Waals surface area (Å²) >= 11 is 0. The molecule has 0 aliphatic carbocycles. The van der Waals surface area contributed by atoms with Gasteiger partial charge in [-0.2, -0.15) is 0 Å². The molecule has 2 aromatic carbocycles. The first-order valence-corrected chi connectivity index (χ1v) is 7.00.